The molecule has 0 radical (unpaired) electrons. The monoisotopic (exact) mass is 429 g/mol. The van der Waals surface area contributed by atoms with E-state index in [-0.39, 0.29) is 17.9 Å². The first kappa shape index (κ1) is 22.7. The number of pyridine rings is 1. The van der Waals surface area contributed by atoms with Gasteiger partial charge in [-0.2, -0.15) is 4.98 Å². The first-order valence-electron chi connectivity index (χ1n) is 10.3. The average Bonchev–Trinajstić information content (AvgIpc) is 2.76. The van der Waals surface area contributed by atoms with Gasteiger partial charge in [-0.15, -0.1) is 0 Å². The molecule has 0 spiro atoms. The summed E-state index contributed by atoms with van der Waals surface area (Å²) in [4.78, 5) is 29.9. The molecule has 0 saturated carbocycles. The fraction of sp³-hybridized carbons (Fsp3) is 0.524. The molecule has 31 heavy (non-hydrogen) atoms. The zero-order chi connectivity index (χ0) is 22.4. The Balaban J connectivity index is 1.84. The van der Waals surface area contributed by atoms with Crippen LogP contribution in [-0.4, -0.2) is 79.8 Å². The second kappa shape index (κ2) is 10.4. The van der Waals surface area contributed by atoms with Crippen molar-refractivity contribution >= 4 is 23.4 Å². The van der Waals surface area contributed by atoms with Gasteiger partial charge in [0.25, 0.3) is 5.91 Å². The lowest BCUT2D eigenvalue weighted by Gasteiger charge is -2.30. The highest BCUT2D eigenvalue weighted by Crippen LogP contribution is 2.29. The molecule has 2 aromatic rings. The molecule has 10 heteroatoms. The Bertz CT molecular complexity index is 889. The fourth-order valence-electron chi connectivity index (χ4n) is 3.54. The Labute approximate surface area is 182 Å². The van der Waals surface area contributed by atoms with Crippen molar-refractivity contribution in [3.8, 4) is 5.88 Å². The summed E-state index contributed by atoms with van der Waals surface area (Å²) < 4.78 is 10.4. The van der Waals surface area contributed by atoms with E-state index >= 15 is 0 Å². The maximum absolute atomic E-state index is 13.2. The molecular formula is C21H31N7O3. The van der Waals surface area contributed by atoms with E-state index in [4.69, 9.17) is 15.2 Å². The van der Waals surface area contributed by atoms with Gasteiger partial charge in [-0.3, -0.25) is 4.79 Å². The average molecular weight is 430 g/mol. The Morgan fingerprint density at radius 1 is 1.26 bits per heavy atom. The van der Waals surface area contributed by atoms with Crippen LogP contribution in [0.2, 0.25) is 0 Å². The molecule has 0 bridgehead atoms. The summed E-state index contributed by atoms with van der Waals surface area (Å²) in [6.45, 7) is 2.05. The van der Waals surface area contributed by atoms with Crippen molar-refractivity contribution in [2.75, 3.05) is 64.0 Å². The standard InChI is InChI=1S/C21H31N7O3/c1-27(2)10-7-14(9-12-30-3)24-19-16-8-11-28(15-5-6-17(31-4)23-13-15)20(29)18(16)25-21(22)26-19/h5-6,13-14H,7-12H2,1-4H3,(H3,22,24,25,26). The highest BCUT2D eigenvalue weighted by atomic mass is 16.5. The molecule has 168 valence electrons. The summed E-state index contributed by atoms with van der Waals surface area (Å²) in [5, 5.41) is 3.49. The summed E-state index contributed by atoms with van der Waals surface area (Å²) in [5.41, 5.74) is 7.78. The normalized spacial score (nSPS) is 14.5. The zero-order valence-electron chi connectivity index (χ0n) is 18.6. The number of methoxy groups -OCH3 is 2. The largest absolute Gasteiger partial charge is 0.481 e. The number of nitrogens with one attached hydrogen (secondary N) is 1. The van der Waals surface area contributed by atoms with Crippen LogP contribution in [0.4, 0.5) is 17.5 Å². The van der Waals surface area contributed by atoms with E-state index in [2.05, 4.69) is 25.2 Å². The molecular weight excluding hydrogens is 398 g/mol. The van der Waals surface area contributed by atoms with Crippen molar-refractivity contribution in [3.63, 3.8) is 0 Å². The van der Waals surface area contributed by atoms with Gasteiger partial charge in [0.05, 0.1) is 19.0 Å². The molecule has 3 N–H and O–H groups in total. The van der Waals surface area contributed by atoms with Gasteiger partial charge in [0, 0.05) is 37.9 Å². The van der Waals surface area contributed by atoms with Crippen molar-refractivity contribution in [3.05, 3.63) is 29.6 Å². The molecule has 10 nitrogen and oxygen atoms in total. The first-order valence-corrected chi connectivity index (χ1v) is 10.3. The third kappa shape index (κ3) is 5.59. The summed E-state index contributed by atoms with van der Waals surface area (Å²) in [6.07, 6.45) is 3.96. The van der Waals surface area contributed by atoms with Crippen LogP contribution >= 0.6 is 0 Å². The highest BCUT2D eigenvalue weighted by molar-refractivity contribution is 6.07. The number of nitrogens with zero attached hydrogens (tertiary/aromatic N) is 5. The molecule has 2 aromatic heterocycles. The Hall–Kier alpha value is -2.98. The SMILES string of the molecule is COCCC(CCN(C)C)Nc1nc(N)nc2c1CCN(c1ccc(OC)nc1)C2=O. The zero-order valence-corrected chi connectivity index (χ0v) is 18.6. The van der Waals surface area contributed by atoms with Gasteiger partial charge in [0.2, 0.25) is 11.8 Å². The van der Waals surface area contributed by atoms with Crippen LogP contribution in [0.5, 0.6) is 5.88 Å². The van der Waals surface area contributed by atoms with Gasteiger partial charge < -0.3 is 30.3 Å². The molecule has 0 aromatic carbocycles. The van der Waals surface area contributed by atoms with Crippen molar-refractivity contribution < 1.29 is 14.3 Å². The smallest absolute Gasteiger partial charge is 0.277 e. The number of anilines is 3. The number of hydrogen-bond donors (Lipinski definition) is 2. The number of nitrogen functional groups attached to an aromatic ring is 1. The lowest BCUT2D eigenvalue weighted by molar-refractivity contribution is 0.0975. The number of hydrogen-bond acceptors (Lipinski definition) is 9. The van der Waals surface area contributed by atoms with Gasteiger partial charge in [-0.1, -0.05) is 0 Å². The van der Waals surface area contributed by atoms with Crippen LogP contribution in [0, 0.1) is 0 Å². The van der Waals surface area contributed by atoms with Crippen LogP contribution in [-0.2, 0) is 11.2 Å². The number of ether oxygens (including phenoxy) is 2. The van der Waals surface area contributed by atoms with Gasteiger partial charge in [-0.25, -0.2) is 9.97 Å². The van der Waals surface area contributed by atoms with Gasteiger partial charge in [0.1, 0.15) is 11.5 Å². The molecule has 0 aliphatic carbocycles. The summed E-state index contributed by atoms with van der Waals surface area (Å²) >= 11 is 0. The maximum Gasteiger partial charge on any atom is 0.277 e. The molecule has 3 heterocycles. The molecule has 0 fully saturated rings. The van der Waals surface area contributed by atoms with E-state index in [1.165, 1.54) is 0 Å². The minimum absolute atomic E-state index is 0.0717. The fourth-order valence-corrected chi connectivity index (χ4v) is 3.54. The van der Waals surface area contributed by atoms with Crippen LogP contribution < -0.4 is 20.7 Å². The molecule has 3 rings (SSSR count). The third-order valence-corrected chi connectivity index (χ3v) is 5.24. The minimum atomic E-state index is -0.216. The van der Waals surface area contributed by atoms with Gasteiger partial charge >= 0.3 is 0 Å². The van der Waals surface area contributed by atoms with E-state index in [0.717, 1.165) is 24.9 Å². The van der Waals surface area contributed by atoms with Gasteiger partial charge in [0.15, 0.2) is 0 Å². The molecule has 1 unspecified atom stereocenters. The minimum Gasteiger partial charge on any atom is -0.481 e. The predicted molar refractivity (Wildman–Crippen MR) is 120 cm³/mol. The molecule has 1 aliphatic heterocycles. The molecule has 1 atom stereocenters. The quantitative estimate of drug-likeness (QED) is 0.578. The van der Waals surface area contributed by atoms with E-state index in [0.29, 0.717) is 42.7 Å². The van der Waals surface area contributed by atoms with Crippen LogP contribution in [0.25, 0.3) is 0 Å². The number of aromatic nitrogens is 3. The van der Waals surface area contributed by atoms with E-state index in [1.54, 1.807) is 37.4 Å². The second-order valence-corrected chi connectivity index (χ2v) is 7.74. The lowest BCUT2D eigenvalue weighted by atomic mass is 10.0. The van der Waals surface area contributed by atoms with Crippen LogP contribution in [0.3, 0.4) is 0 Å². The number of amides is 1. The Morgan fingerprint density at radius 3 is 2.71 bits per heavy atom. The van der Waals surface area contributed by atoms with Crippen molar-refractivity contribution in [1.82, 2.24) is 19.9 Å². The van der Waals surface area contributed by atoms with Crippen molar-refractivity contribution in [1.29, 1.82) is 0 Å². The highest BCUT2D eigenvalue weighted by Gasteiger charge is 2.31. The number of rotatable bonds is 10. The topological polar surface area (TPSA) is 119 Å². The maximum atomic E-state index is 13.2. The molecule has 1 aliphatic rings. The van der Waals surface area contributed by atoms with Gasteiger partial charge in [-0.05, 0) is 46.0 Å². The first-order chi connectivity index (χ1) is 14.9. The summed E-state index contributed by atoms with van der Waals surface area (Å²) in [5.74, 6) is 0.976. The Kier molecular flexibility index (Phi) is 7.59. The number of carbonyl (C=O) groups excluding carboxylic acids is 1. The number of carbonyl (C=O) groups is 1. The third-order valence-electron chi connectivity index (χ3n) is 5.24. The summed E-state index contributed by atoms with van der Waals surface area (Å²) in [7, 11) is 7.32. The Morgan fingerprint density at radius 2 is 2.06 bits per heavy atom. The van der Waals surface area contributed by atoms with E-state index in [1.807, 2.05) is 14.1 Å². The van der Waals surface area contributed by atoms with Crippen molar-refractivity contribution in [2.45, 2.75) is 25.3 Å². The van der Waals surface area contributed by atoms with Crippen molar-refractivity contribution in [2.24, 2.45) is 0 Å². The lowest BCUT2D eigenvalue weighted by Crippen LogP contribution is -2.39. The number of nitrogens with two attached hydrogens (primary N) is 1. The summed E-state index contributed by atoms with van der Waals surface area (Å²) in [6, 6.07) is 3.67. The van der Waals surface area contributed by atoms with E-state index < -0.39 is 0 Å². The molecule has 0 saturated heterocycles. The molecule has 1 amide bonds. The number of fused-ring (bicyclic) bond motifs is 1. The van der Waals surface area contributed by atoms with Crippen LogP contribution in [0.15, 0.2) is 18.3 Å². The van der Waals surface area contributed by atoms with Crippen LogP contribution in [0.1, 0.15) is 28.9 Å². The predicted octanol–water partition coefficient (Wildman–Crippen LogP) is 1.43. The second-order valence-electron chi connectivity index (χ2n) is 7.74. The van der Waals surface area contributed by atoms with E-state index in [9.17, 15) is 4.79 Å².